The maximum atomic E-state index is 13.6. The van der Waals surface area contributed by atoms with Crippen molar-refractivity contribution < 1.29 is 19.1 Å². The molecule has 1 aromatic carbocycles. The lowest BCUT2D eigenvalue weighted by Gasteiger charge is -2.23. The number of nitrogen functional groups attached to an aromatic ring is 1. The number of rotatable bonds is 7. The Morgan fingerprint density at radius 3 is 2.57 bits per heavy atom. The van der Waals surface area contributed by atoms with Crippen LogP contribution in [0.2, 0.25) is 0 Å². The third-order valence-electron chi connectivity index (χ3n) is 3.34. The highest BCUT2D eigenvalue weighted by Crippen LogP contribution is 2.26. The van der Waals surface area contributed by atoms with E-state index in [0.717, 1.165) is 6.07 Å². The fourth-order valence-corrected chi connectivity index (χ4v) is 1.90. The monoisotopic (exact) mass is 296 g/mol. The summed E-state index contributed by atoms with van der Waals surface area (Å²) < 4.78 is 13.6. The zero-order valence-electron chi connectivity index (χ0n) is 12.3. The average Bonchev–Trinajstić information content (AvgIpc) is 2.36. The number of nitrogens with two attached hydrogens (primary N) is 1. The first-order valence-corrected chi connectivity index (χ1v) is 6.76. The Bertz CT molecular complexity index is 530. The van der Waals surface area contributed by atoms with E-state index in [4.69, 9.17) is 10.8 Å². The van der Waals surface area contributed by atoms with Gasteiger partial charge in [-0.15, -0.1) is 0 Å². The molecule has 21 heavy (non-hydrogen) atoms. The number of carboxylic acid groups (broad SMARTS) is 1. The molecule has 4 N–H and O–H groups in total. The number of anilines is 1. The second kappa shape index (κ2) is 7.06. The van der Waals surface area contributed by atoms with E-state index in [1.54, 1.807) is 0 Å². The number of carboxylic acids is 1. The summed E-state index contributed by atoms with van der Waals surface area (Å²) >= 11 is 0. The van der Waals surface area contributed by atoms with Gasteiger partial charge in [0.05, 0.1) is 5.56 Å². The first-order valence-electron chi connectivity index (χ1n) is 6.76. The van der Waals surface area contributed by atoms with Crippen LogP contribution in [0, 0.1) is 11.2 Å². The molecule has 0 bridgehead atoms. The third-order valence-corrected chi connectivity index (χ3v) is 3.34. The van der Waals surface area contributed by atoms with Crippen molar-refractivity contribution in [3.8, 4) is 0 Å². The summed E-state index contributed by atoms with van der Waals surface area (Å²) in [7, 11) is 0. The third kappa shape index (κ3) is 5.81. The largest absolute Gasteiger partial charge is 0.481 e. The van der Waals surface area contributed by atoms with Gasteiger partial charge in [0.15, 0.2) is 0 Å². The minimum absolute atomic E-state index is 0.0486. The smallest absolute Gasteiger partial charge is 0.303 e. The van der Waals surface area contributed by atoms with E-state index in [2.05, 4.69) is 5.32 Å². The zero-order chi connectivity index (χ0) is 16.0. The Hall–Kier alpha value is -2.11. The number of aliphatic carboxylic acids is 1. The molecule has 0 spiro atoms. The van der Waals surface area contributed by atoms with Gasteiger partial charge in [-0.2, -0.15) is 0 Å². The molecule has 6 heteroatoms. The van der Waals surface area contributed by atoms with Crippen molar-refractivity contribution in [2.75, 3.05) is 12.3 Å². The van der Waals surface area contributed by atoms with Gasteiger partial charge in [0.2, 0.25) is 0 Å². The number of carbonyl (C=O) groups excluding carboxylic acids is 1. The highest BCUT2D eigenvalue weighted by Gasteiger charge is 2.20. The van der Waals surface area contributed by atoms with Crippen molar-refractivity contribution in [1.82, 2.24) is 5.32 Å². The standard InChI is InChI=1S/C15H21FN2O3/c1-15(2,6-5-13(19)20)7-8-18-14(21)11-4-3-10(17)9-12(11)16/h3-4,9H,5-8,17H2,1-2H3,(H,18,21)(H,19,20). The summed E-state index contributed by atoms with van der Waals surface area (Å²) in [5, 5.41) is 11.3. The topological polar surface area (TPSA) is 92.4 Å². The average molecular weight is 296 g/mol. The summed E-state index contributed by atoms with van der Waals surface area (Å²) in [5.74, 6) is -1.99. The van der Waals surface area contributed by atoms with Crippen molar-refractivity contribution in [2.45, 2.75) is 33.1 Å². The van der Waals surface area contributed by atoms with Gasteiger partial charge in [0.1, 0.15) is 5.82 Å². The Balaban J connectivity index is 2.48. The quantitative estimate of drug-likeness (QED) is 0.674. The van der Waals surface area contributed by atoms with Crippen LogP contribution in [0.3, 0.4) is 0 Å². The molecule has 0 atom stereocenters. The molecule has 0 aliphatic heterocycles. The molecule has 1 amide bonds. The summed E-state index contributed by atoms with van der Waals surface area (Å²) in [6.07, 6.45) is 1.23. The Morgan fingerprint density at radius 1 is 1.33 bits per heavy atom. The van der Waals surface area contributed by atoms with Gasteiger partial charge < -0.3 is 16.2 Å². The number of halogens is 1. The summed E-state index contributed by atoms with van der Waals surface area (Å²) in [6, 6.07) is 3.91. The molecular weight excluding hydrogens is 275 g/mol. The Labute approximate surface area is 123 Å². The molecule has 0 saturated carbocycles. The van der Waals surface area contributed by atoms with Crippen LogP contribution in [0.1, 0.15) is 43.5 Å². The van der Waals surface area contributed by atoms with E-state index < -0.39 is 17.7 Å². The zero-order valence-corrected chi connectivity index (χ0v) is 12.3. The van der Waals surface area contributed by atoms with Crippen LogP contribution >= 0.6 is 0 Å². The Morgan fingerprint density at radius 2 is 2.00 bits per heavy atom. The van der Waals surface area contributed by atoms with Crippen LogP contribution in [0.15, 0.2) is 18.2 Å². The lowest BCUT2D eigenvalue weighted by Crippen LogP contribution is -2.29. The SMILES string of the molecule is CC(C)(CCNC(=O)c1ccc(N)cc1F)CCC(=O)O. The second-order valence-corrected chi connectivity index (χ2v) is 5.80. The van der Waals surface area contributed by atoms with Gasteiger partial charge in [-0.25, -0.2) is 4.39 Å². The lowest BCUT2D eigenvalue weighted by molar-refractivity contribution is -0.137. The van der Waals surface area contributed by atoms with E-state index in [0.29, 0.717) is 19.4 Å². The van der Waals surface area contributed by atoms with Crippen LogP contribution < -0.4 is 11.1 Å². The molecule has 0 radical (unpaired) electrons. The van der Waals surface area contributed by atoms with Crippen LogP contribution in [0.25, 0.3) is 0 Å². The summed E-state index contributed by atoms with van der Waals surface area (Å²) in [5.41, 5.74) is 5.43. The predicted molar refractivity (Wildman–Crippen MR) is 78.4 cm³/mol. The first-order chi connectivity index (χ1) is 9.71. The van der Waals surface area contributed by atoms with Crippen molar-refractivity contribution in [1.29, 1.82) is 0 Å². The van der Waals surface area contributed by atoms with E-state index in [1.807, 2.05) is 13.8 Å². The van der Waals surface area contributed by atoms with Crippen molar-refractivity contribution in [3.63, 3.8) is 0 Å². The van der Waals surface area contributed by atoms with Crippen molar-refractivity contribution >= 4 is 17.6 Å². The number of amides is 1. The minimum atomic E-state index is -0.837. The van der Waals surface area contributed by atoms with Crippen LogP contribution in [-0.4, -0.2) is 23.5 Å². The number of nitrogens with one attached hydrogen (secondary N) is 1. The number of benzene rings is 1. The molecule has 0 unspecified atom stereocenters. The fraction of sp³-hybridized carbons (Fsp3) is 0.467. The molecule has 0 aliphatic carbocycles. The maximum absolute atomic E-state index is 13.6. The molecule has 5 nitrogen and oxygen atoms in total. The molecule has 0 aromatic heterocycles. The molecule has 0 fully saturated rings. The van der Waals surface area contributed by atoms with Gasteiger partial charge in [-0.3, -0.25) is 9.59 Å². The highest BCUT2D eigenvalue weighted by atomic mass is 19.1. The number of carbonyl (C=O) groups is 2. The first kappa shape index (κ1) is 16.9. The maximum Gasteiger partial charge on any atom is 0.303 e. The van der Waals surface area contributed by atoms with E-state index in [1.165, 1.54) is 12.1 Å². The highest BCUT2D eigenvalue weighted by molar-refractivity contribution is 5.94. The van der Waals surface area contributed by atoms with Crippen molar-refractivity contribution in [3.05, 3.63) is 29.6 Å². The van der Waals surface area contributed by atoms with Gasteiger partial charge in [0.25, 0.3) is 5.91 Å². The minimum Gasteiger partial charge on any atom is -0.481 e. The molecular formula is C15H21FN2O3. The molecule has 0 aliphatic rings. The number of hydrogen-bond acceptors (Lipinski definition) is 3. The molecule has 1 aromatic rings. The lowest BCUT2D eigenvalue weighted by atomic mass is 9.84. The van der Waals surface area contributed by atoms with E-state index >= 15 is 0 Å². The molecule has 0 heterocycles. The molecule has 1 rings (SSSR count). The van der Waals surface area contributed by atoms with E-state index in [9.17, 15) is 14.0 Å². The predicted octanol–water partition coefficient (Wildman–Crippen LogP) is 2.42. The summed E-state index contributed by atoms with van der Waals surface area (Å²) in [4.78, 5) is 22.4. The van der Waals surface area contributed by atoms with Crippen LogP contribution in [0.5, 0.6) is 0 Å². The van der Waals surface area contributed by atoms with Crippen LogP contribution in [-0.2, 0) is 4.79 Å². The van der Waals surface area contributed by atoms with Crippen LogP contribution in [0.4, 0.5) is 10.1 Å². The van der Waals surface area contributed by atoms with Gasteiger partial charge in [0, 0.05) is 18.7 Å². The van der Waals surface area contributed by atoms with Crippen molar-refractivity contribution in [2.24, 2.45) is 5.41 Å². The molecule has 0 saturated heterocycles. The second-order valence-electron chi connectivity index (χ2n) is 5.80. The van der Waals surface area contributed by atoms with Gasteiger partial charge in [-0.1, -0.05) is 13.8 Å². The molecule has 116 valence electrons. The van der Waals surface area contributed by atoms with Gasteiger partial charge in [-0.05, 0) is 36.5 Å². The fourth-order valence-electron chi connectivity index (χ4n) is 1.90. The summed E-state index contributed by atoms with van der Waals surface area (Å²) in [6.45, 7) is 4.23. The van der Waals surface area contributed by atoms with Gasteiger partial charge >= 0.3 is 5.97 Å². The normalized spacial score (nSPS) is 11.2. The Kier molecular flexibility index (Phi) is 5.69. The van der Waals surface area contributed by atoms with E-state index in [-0.39, 0.29) is 23.1 Å². The number of hydrogen-bond donors (Lipinski definition) is 3.